The van der Waals surface area contributed by atoms with Crippen molar-refractivity contribution in [1.82, 2.24) is 14.9 Å². The number of hydrogen-bond donors (Lipinski definition) is 4. The van der Waals surface area contributed by atoms with Crippen LogP contribution in [0.5, 0.6) is 17.4 Å². The molecule has 0 aliphatic carbocycles. The number of amides is 1. The first-order valence-corrected chi connectivity index (χ1v) is 10.5. The van der Waals surface area contributed by atoms with E-state index in [1.54, 1.807) is 48.7 Å². The van der Waals surface area contributed by atoms with Gasteiger partial charge in [-0.25, -0.2) is 4.39 Å². The zero-order valence-electron chi connectivity index (χ0n) is 17.9. The van der Waals surface area contributed by atoms with Crippen LogP contribution in [0.2, 0.25) is 0 Å². The maximum Gasteiger partial charge on any atom is 0.252 e. The van der Waals surface area contributed by atoms with Crippen molar-refractivity contribution in [2.45, 2.75) is 13.1 Å². The second-order valence-electron chi connectivity index (χ2n) is 7.93. The standard InChI is InChI=1S/C26H20FN3O4/c27-17-9-7-15(8-10-17)13-30-14-19-21(25(33)29-12-16-4-1-2-6-20(16)31)18-5-3-11-28-23(18)24(32)22(19)26(30)34/h1-11,14,31-32,34H,12-13H2,(H,29,33). The monoisotopic (exact) mass is 457 g/mol. The van der Waals surface area contributed by atoms with Crippen LogP contribution in [0.25, 0.3) is 21.7 Å². The maximum absolute atomic E-state index is 13.4. The zero-order chi connectivity index (χ0) is 23.8. The number of halogens is 1. The minimum absolute atomic E-state index is 0.0632. The minimum atomic E-state index is -0.454. The smallest absolute Gasteiger partial charge is 0.252 e. The molecule has 0 unspecified atom stereocenters. The number of pyridine rings is 1. The van der Waals surface area contributed by atoms with E-state index in [0.29, 0.717) is 16.3 Å². The first-order chi connectivity index (χ1) is 16.4. The van der Waals surface area contributed by atoms with Gasteiger partial charge in [0.1, 0.15) is 17.1 Å². The predicted octanol–water partition coefficient (Wildman–Crippen LogP) is 4.42. The largest absolute Gasteiger partial charge is 0.508 e. The molecule has 0 spiro atoms. The van der Waals surface area contributed by atoms with Gasteiger partial charge in [0.2, 0.25) is 5.88 Å². The van der Waals surface area contributed by atoms with Crippen LogP contribution >= 0.6 is 0 Å². The molecule has 0 bridgehead atoms. The highest BCUT2D eigenvalue weighted by atomic mass is 19.1. The molecule has 5 aromatic rings. The van der Waals surface area contributed by atoms with E-state index in [0.717, 1.165) is 5.56 Å². The molecular weight excluding hydrogens is 437 g/mol. The topological polar surface area (TPSA) is 108 Å². The highest BCUT2D eigenvalue weighted by molar-refractivity contribution is 6.21. The molecule has 0 aliphatic rings. The van der Waals surface area contributed by atoms with E-state index in [2.05, 4.69) is 10.3 Å². The zero-order valence-corrected chi connectivity index (χ0v) is 17.9. The number of carbonyl (C=O) groups excluding carboxylic acids is 1. The maximum atomic E-state index is 13.4. The van der Waals surface area contributed by atoms with Crippen molar-refractivity contribution in [2.24, 2.45) is 0 Å². The van der Waals surface area contributed by atoms with Gasteiger partial charge in [-0.05, 0) is 29.8 Å². The Labute approximate surface area is 193 Å². The van der Waals surface area contributed by atoms with E-state index in [1.807, 2.05) is 0 Å². The van der Waals surface area contributed by atoms with Crippen molar-refractivity contribution >= 4 is 27.6 Å². The fourth-order valence-corrected chi connectivity index (χ4v) is 4.10. The van der Waals surface area contributed by atoms with Crippen LogP contribution in [-0.2, 0) is 13.1 Å². The number of nitrogens with one attached hydrogen (secondary N) is 1. The highest BCUT2D eigenvalue weighted by Crippen LogP contribution is 2.42. The van der Waals surface area contributed by atoms with Gasteiger partial charge in [0.25, 0.3) is 5.91 Å². The Hall–Kier alpha value is -4.59. The number of fused-ring (bicyclic) bond motifs is 2. The highest BCUT2D eigenvalue weighted by Gasteiger charge is 2.24. The van der Waals surface area contributed by atoms with Gasteiger partial charge >= 0.3 is 0 Å². The molecule has 2 heterocycles. The number of para-hydroxylation sites is 1. The van der Waals surface area contributed by atoms with Crippen LogP contribution in [0.4, 0.5) is 4.39 Å². The second kappa shape index (κ2) is 8.40. The van der Waals surface area contributed by atoms with Gasteiger partial charge in [-0.3, -0.25) is 9.78 Å². The van der Waals surface area contributed by atoms with Crippen LogP contribution in [0.1, 0.15) is 21.5 Å². The van der Waals surface area contributed by atoms with Crippen molar-refractivity contribution in [2.75, 3.05) is 0 Å². The lowest BCUT2D eigenvalue weighted by atomic mass is 10.0. The van der Waals surface area contributed by atoms with E-state index in [-0.39, 0.29) is 52.8 Å². The molecule has 1 amide bonds. The van der Waals surface area contributed by atoms with Crippen molar-refractivity contribution in [3.63, 3.8) is 0 Å². The Bertz CT molecular complexity index is 1540. The predicted molar refractivity (Wildman–Crippen MR) is 125 cm³/mol. The summed E-state index contributed by atoms with van der Waals surface area (Å²) in [5.74, 6) is -1.24. The van der Waals surface area contributed by atoms with Crippen LogP contribution < -0.4 is 5.32 Å². The molecule has 34 heavy (non-hydrogen) atoms. The average Bonchev–Trinajstić information content (AvgIpc) is 3.16. The van der Waals surface area contributed by atoms with Crippen molar-refractivity contribution < 1.29 is 24.5 Å². The number of phenolic OH excluding ortho intramolecular Hbond substituents is 2. The summed E-state index contributed by atoms with van der Waals surface area (Å²) < 4.78 is 14.8. The molecule has 0 fully saturated rings. The van der Waals surface area contributed by atoms with Crippen molar-refractivity contribution in [1.29, 1.82) is 0 Å². The van der Waals surface area contributed by atoms with E-state index in [1.165, 1.54) is 29.0 Å². The van der Waals surface area contributed by atoms with E-state index in [9.17, 15) is 24.5 Å². The molecule has 4 N–H and O–H groups in total. The molecule has 7 nitrogen and oxygen atoms in total. The first kappa shape index (κ1) is 21.3. The van der Waals surface area contributed by atoms with Crippen LogP contribution in [0.15, 0.2) is 73.1 Å². The van der Waals surface area contributed by atoms with Gasteiger partial charge in [-0.1, -0.05) is 36.4 Å². The number of nitrogens with zero attached hydrogens (tertiary/aromatic N) is 2. The molecule has 0 saturated heterocycles. The third-order valence-electron chi connectivity index (χ3n) is 5.78. The molecular formula is C26H20FN3O4. The summed E-state index contributed by atoms with van der Waals surface area (Å²) in [6, 6.07) is 15.8. The fourth-order valence-electron chi connectivity index (χ4n) is 4.10. The summed E-state index contributed by atoms with van der Waals surface area (Å²) >= 11 is 0. The molecule has 5 rings (SSSR count). The Morgan fingerprint density at radius 2 is 1.74 bits per heavy atom. The van der Waals surface area contributed by atoms with Gasteiger partial charge in [0, 0.05) is 35.3 Å². The lowest BCUT2D eigenvalue weighted by molar-refractivity contribution is 0.0954. The summed E-state index contributed by atoms with van der Waals surface area (Å²) in [6.07, 6.45) is 3.07. The molecule has 0 atom stereocenters. The third kappa shape index (κ3) is 3.65. The number of aromatic hydroxyl groups is 3. The normalized spacial score (nSPS) is 11.2. The van der Waals surface area contributed by atoms with Gasteiger partial charge in [0.15, 0.2) is 5.75 Å². The van der Waals surface area contributed by atoms with E-state index in [4.69, 9.17) is 0 Å². The van der Waals surface area contributed by atoms with Crippen molar-refractivity contribution in [3.8, 4) is 17.4 Å². The van der Waals surface area contributed by atoms with Crippen molar-refractivity contribution in [3.05, 3.63) is 95.6 Å². The molecule has 0 saturated carbocycles. The number of benzene rings is 3. The molecule has 3 aromatic carbocycles. The molecule has 0 radical (unpaired) electrons. The fraction of sp³-hybridized carbons (Fsp3) is 0.0769. The Morgan fingerprint density at radius 3 is 2.50 bits per heavy atom. The Morgan fingerprint density at radius 1 is 0.971 bits per heavy atom. The molecule has 170 valence electrons. The quantitative estimate of drug-likeness (QED) is 0.312. The summed E-state index contributed by atoms with van der Waals surface area (Å²) in [5, 5.41) is 35.5. The number of hydrogen-bond acceptors (Lipinski definition) is 5. The molecule has 2 aromatic heterocycles. The first-order valence-electron chi connectivity index (χ1n) is 10.5. The lowest BCUT2D eigenvalue weighted by Crippen LogP contribution is -2.23. The average molecular weight is 457 g/mol. The Kier molecular flexibility index (Phi) is 5.25. The SMILES string of the molecule is O=C(NCc1ccccc1O)c1c2cccnc2c(O)c2c(O)n(Cc3ccc(F)cc3)cc12. The number of carbonyl (C=O) groups is 1. The summed E-state index contributed by atoms with van der Waals surface area (Å²) in [6.45, 7) is 0.279. The minimum Gasteiger partial charge on any atom is -0.508 e. The molecule has 8 heteroatoms. The van der Waals surface area contributed by atoms with Crippen LogP contribution in [-0.4, -0.2) is 30.8 Å². The van der Waals surface area contributed by atoms with E-state index < -0.39 is 5.91 Å². The lowest BCUT2D eigenvalue weighted by Gasteiger charge is -2.11. The van der Waals surface area contributed by atoms with E-state index >= 15 is 0 Å². The van der Waals surface area contributed by atoms with Gasteiger partial charge < -0.3 is 25.2 Å². The van der Waals surface area contributed by atoms with Crippen LogP contribution in [0, 0.1) is 5.82 Å². The number of rotatable bonds is 5. The van der Waals surface area contributed by atoms with Gasteiger partial charge in [-0.2, -0.15) is 0 Å². The van der Waals surface area contributed by atoms with Gasteiger partial charge in [0.05, 0.1) is 17.5 Å². The summed E-state index contributed by atoms with van der Waals surface area (Å²) in [4.78, 5) is 17.6. The Balaban J connectivity index is 1.63. The summed E-state index contributed by atoms with van der Waals surface area (Å²) in [7, 11) is 0. The molecule has 0 aliphatic heterocycles. The third-order valence-corrected chi connectivity index (χ3v) is 5.78. The summed E-state index contributed by atoms with van der Waals surface area (Å²) in [5.41, 5.74) is 1.69. The van der Waals surface area contributed by atoms with Gasteiger partial charge in [-0.15, -0.1) is 0 Å². The van der Waals surface area contributed by atoms with Crippen LogP contribution in [0.3, 0.4) is 0 Å². The number of aromatic nitrogens is 2. The second-order valence-corrected chi connectivity index (χ2v) is 7.93. The number of phenols is 2.